The zero-order chi connectivity index (χ0) is 11.4. The highest BCUT2D eigenvalue weighted by Crippen LogP contribution is 2.22. The maximum atomic E-state index is 11.0. The first kappa shape index (κ1) is 13.8. The van der Waals surface area contributed by atoms with Gasteiger partial charge in [-0.1, -0.05) is 0 Å². The summed E-state index contributed by atoms with van der Waals surface area (Å²) in [5.74, 6) is -1.20. The first-order valence-electron chi connectivity index (χ1n) is 3.88. The van der Waals surface area contributed by atoms with Crippen LogP contribution in [0.5, 0.6) is 0 Å². The van der Waals surface area contributed by atoms with Gasteiger partial charge >= 0.3 is 0 Å². The SMILES string of the molecule is CNC(CO)(C(CO)CO)S(=O)(=O)O. The van der Waals surface area contributed by atoms with Crippen LogP contribution in [0.2, 0.25) is 0 Å². The van der Waals surface area contributed by atoms with Crippen molar-refractivity contribution in [2.45, 2.75) is 4.87 Å². The number of rotatable bonds is 6. The molecule has 8 heteroatoms. The molecule has 0 spiro atoms. The fourth-order valence-electron chi connectivity index (χ4n) is 1.19. The normalized spacial score (nSPS) is 17.0. The second-order valence-electron chi connectivity index (χ2n) is 2.83. The van der Waals surface area contributed by atoms with Gasteiger partial charge in [-0.25, -0.2) is 0 Å². The lowest BCUT2D eigenvalue weighted by Gasteiger charge is -2.33. The highest BCUT2D eigenvalue weighted by atomic mass is 32.2. The van der Waals surface area contributed by atoms with Crippen LogP contribution in [-0.2, 0) is 10.1 Å². The molecular weight excluding hydrogens is 214 g/mol. The van der Waals surface area contributed by atoms with Crippen molar-refractivity contribution in [1.29, 1.82) is 0 Å². The van der Waals surface area contributed by atoms with E-state index in [1.807, 2.05) is 0 Å². The molecule has 1 atom stereocenters. The van der Waals surface area contributed by atoms with E-state index < -0.39 is 40.7 Å². The van der Waals surface area contributed by atoms with Gasteiger partial charge in [0.1, 0.15) is 0 Å². The van der Waals surface area contributed by atoms with Crippen LogP contribution in [0.4, 0.5) is 0 Å². The zero-order valence-corrected chi connectivity index (χ0v) is 8.53. The quantitative estimate of drug-likeness (QED) is 0.316. The predicted molar refractivity (Wildman–Crippen MR) is 48.1 cm³/mol. The van der Waals surface area contributed by atoms with E-state index in [2.05, 4.69) is 5.32 Å². The maximum absolute atomic E-state index is 11.0. The molecule has 0 aromatic rings. The molecule has 0 aliphatic carbocycles. The van der Waals surface area contributed by atoms with Gasteiger partial charge in [0.15, 0.2) is 4.87 Å². The largest absolute Gasteiger partial charge is 0.396 e. The number of aliphatic hydroxyl groups excluding tert-OH is 3. The van der Waals surface area contributed by atoms with Crippen LogP contribution in [0.15, 0.2) is 0 Å². The molecule has 0 saturated carbocycles. The molecule has 7 nitrogen and oxygen atoms in total. The number of likely N-dealkylation sites (N-methyl/N-ethyl adjacent to an activating group) is 1. The lowest BCUT2D eigenvalue weighted by molar-refractivity contribution is 0.0709. The zero-order valence-electron chi connectivity index (χ0n) is 7.71. The molecule has 0 aliphatic heterocycles. The van der Waals surface area contributed by atoms with Crippen molar-refractivity contribution in [3.8, 4) is 0 Å². The van der Waals surface area contributed by atoms with E-state index in [1.165, 1.54) is 7.05 Å². The third kappa shape index (κ3) is 2.22. The van der Waals surface area contributed by atoms with Crippen LogP contribution in [-0.4, -0.2) is 60.0 Å². The Balaban J connectivity index is 5.27. The van der Waals surface area contributed by atoms with Gasteiger partial charge in [0.05, 0.1) is 19.8 Å². The van der Waals surface area contributed by atoms with Gasteiger partial charge in [0.2, 0.25) is 0 Å². The van der Waals surface area contributed by atoms with Gasteiger partial charge in [0.25, 0.3) is 10.1 Å². The van der Waals surface area contributed by atoms with Crippen LogP contribution in [0.1, 0.15) is 0 Å². The van der Waals surface area contributed by atoms with E-state index in [0.717, 1.165) is 0 Å². The van der Waals surface area contributed by atoms with Gasteiger partial charge in [-0.15, -0.1) is 0 Å². The minimum atomic E-state index is -4.63. The van der Waals surface area contributed by atoms with Crippen LogP contribution < -0.4 is 5.32 Å². The fraction of sp³-hybridized carbons (Fsp3) is 1.00. The number of nitrogens with one attached hydrogen (secondary N) is 1. The molecular formula is C6H15NO6S. The number of hydrogen-bond acceptors (Lipinski definition) is 6. The molecule has 1 unspecified atom stereocenters. The fourth-order valence-corrected chi connectivity index (χ4v) is 2.18. The van der Waals surface area contributed by atoms with Gasteiger partial charge in [-0.05, 0) is 7.05 Å². The maximum Gasteiger partial charge on any atom is 0.286 e. The molecule has 14 heavy (non-hydrogen) atoms. The predicted octanol–water partition coefficient (Wildman–Crippen LogP) is -2.62. The van der Waals surface area contributed by atoms with Gasteiger partial charge < -0.3 is 15.3 Å². The van der Waals surface area contributed by atoms with Crippen LogP contribution in [0.3, 0.4) is 0 Å². The summed E-state index contributed by atoms with van der Waals surface area (Å²) in [6.07, 6.45) is 0. The minimum Gasteiger partial charge on any atom is -0.396 e. The summed E-state index contributed by atoms with van der Waals surface area (Å²) < 4.78 is 30.9. The van der Waals surface area contributed by atoms with Gasteiger partial charge in [-0.3, -0.25) is 9.87 Å². The molecule has 0 amide bonds. The average Bonchev–Trinajstić information content (AvgIpc) is 2.12. The second kappa shape index (κ2) is 5.01. The topological polar surface area (TPSA) is 127 Å². The van der Waals surface area contributed by atoms with Gasteiger partial charge in [-0.2, -0.15) is 8.42 Å². The highest BCUT2D eigenvalue weighted by Gasteiger charge is 2.47. The molecule has 0 bridgehead atoms. The first-order valence-corrected chi connectivity index (χ1v) is 5.32. The van der Waals surface area contributed by atoms with E-state index >= 15 is 0 Å². The first-order chi connectivity index (χ1) is 6.39. The molecule has 0 fully saturated rings. The van der Waals surface area contributed by atoms with Crippen molar-refractivity contribution in [2.75, 3.05) is 26.9 Å². The van der Waals surface area contributed by atoms with Crippen molar-refractivity contribution in [1.82, 2.24) is 5.32 Å². The van der Waals surface area contributed by atoms with Crippen molar-refractivity contribution in [2.24, 2.45) is 5.92 Å². The Hall–Kier alpha value is -0.250. The third-order valence-corrected chi connectivity index (χ3v) is 3.81. The lowest BCUT2D eigenvalue weighted by atomic mass is 10.0. The van der Waals surface area contributed by atoms with E-state index in [9.17, 15) is 8.42 Å². The molecule has 0 rings (SSSR count). The summed E-state index contributed by atoms with van der Waals surface area (Å²) in [7, 11) is -3.43. The summed E-state index contributed by atoms with van der Waals surface area (Å²) in [5.41, 5.74) is 0. The Bertz CT molecular complexity index is 255. The Morgan fingerprint density at radius 1 is 1.29 bits per heavy atom. The summed E-state index contributed by atoms with van der Waals surface area (Å²) >= 11 is 0. The number of aliphatic hydroxyl groups is 3. The summed E-state index contributed by atoms with van der Waals surface area (Å²) in [6, 6.07) is 0. The molecule has 0 radical (unpaired) electrons. The summed E-state index contributed by atoms with van der Waals surface area (Å²) in [4.78, 5) is -2.13. The molecule has 0 aromatic heterocycles. The molecule has 0 aliphatic rings. The Labute approximate surface area is 82.1 Å². The monoisotopic (exact) mass is 229 g/mol. The van der Waals surface area contributed by atoms with Crippen molar-refractivity contribution >= 4 is 10.1 Å². The van der Waals surface area contributed by atoms with Crippen LogP contribution in [0, 0.1) is 5.92 Å². The van der Waals surface area contributed by atoms with Crippen molar-refractivity contribution in [3.63, 3.8) is 0 Å². The highest BCUT2D eigenvalue weighted by molar-refractivity contribution is 7.87. The van der Waals surface area contributed by atoms with Crippen LogP contribution >= 0.6 is 0 Å². The lowest BCUT2D eigenvalue weighted by Crippen LogP contribution is -2.60. The summed E-state index contributed by atoms with van der Waals surface area (Å²) in [5, 5.41) is 28.7. The second-order valence-corrected chi connectivity index (χ2v) is 4.51. The van der Waals surface area contributed by atoms with E-state index in [-0.39, 0.29) is 0 Å². The van der Waals surface area contributed by atoms with E-state index in [4.69, 9.17) is 19.9 Å². The van der Waals surface area contributed by atoms with Crippen LogP contribution in [0.25, 0.3) is 0 Å². The summed E-state index contributed by atoms with van der Waals surface area (Å²) in [6.45, 7) is -2.32. The minimum absolute atomic E-state index is 0.683. The third-order valence-electron chi connectivity index (χ3n) is 2.22. The Morgan fingerprint density at radius 3 is 1.79 bits per heavy atom. The van der Waals surface area contributed by atoms with E-state index in [0.29, 0.717) is 0 Å². The standard InChI is InChI=1S/C6H15NO6S/c1-7-6(4-10,14(11,12)13)5(2-8)3-9/h5,7-10H,2-4H2,1H3,(H,11,12,13). The van der Waals surface area contributed by atoms with Crippen molar-refractivity contribution < 1.29 is 28.3 Å². The molecule has 86 valence electrons. The molecule has 0 heterocycles. The molecule has 0 aromatic carbocycles. The van der Waals surface area contributed by atoms with Crippen molar-refractivity contribution in [3.05, 3.63) is 0 Å². The molecule has 0 saturated heterocycles. The number of hydrogen-bond donors (Lipinski definition) is 5. The smallest absolute Gasteiger partial charge is 0.286 e. The van der Waals surface area contributed by atoms with E-state index in [1.54, 1.807) is 0 Å². The molecule has 5 N–H and O–H groups in total. The van der Waals surface area contributed by atoms with Gasteiger partial charge in [0, 0.05) is 5.92 Å². The average molecular weight is 229 g/mol. The Morgan fingerprint density at radius 2 is 1.71 bits per heavy atom. The Kier molecular flexibility index (Phi) is 4.92.